The van der Waals surface area contributed by atoms with Gasteiger partial charge in [-0.2, -0.15) is 0 Å². The zero-order valence-electron chi connectivity index (χ0n) is 16.7. The molecule has 1 aromatic rings. The van der Waals surface area contributed by atoms with Crippen molar-refractivity contribution in [3.05, 3.63) is 23.8 Å². The highest BCUT2D eigenvalue weighted by Gasteiger charge is 2.39. The van der Waals surface area contributed by atoms with Gasteiger partial charge in [0.1, 0.15) is 11.5 Å². The number of fused-ring (bicyclic) bond motifs is 2. The van der Waals surface area contributed by atoms with E-state index in [1.54, 1.807) is 14.2 Å². The Morgan fingerprint density at radius 1 is 1.15 bits per heavy atom. The molecule has 2 bridgehead atoms. The Labute approximate surface area is 162 Å². The molecular weight excluding hydrogens is 340 g/mol. The molecule has 27 heavy (non-hydrogen) atoms. The normalized spacial score (nSPS) is 25.1. The molecule has 148 valence electrons. The summed E-state index contributed by atoms with van der Waals surface area (Å²) < 4.78 is 11.0. The van der Waals surface area contributed by atoms with E-state index in [2.05, 4.69) is 9.80 Å². The number of rotatable bonds is 7. The van der Waals surface area contributed by atoms with Gasteiger partial charge in [-0.25, -0.2) is 0 Å². The maximum atomic E-state index is 13.3. The lowest BCUT2D eigenvalue weighted by molar-refractivity contribution is -0.135. The highest BCUT2D eigenvalue weighted by molar-refractivity contribution is 5.79. The number of amides is 1. The average Bonchev–Trinajstić information content (AvgIpc) is 3.44. The van der Waals surface area contributed by atoms with Crippen molar-refractivity contribution in [1.29, 1.82) is 0 Å². The minimum atomic E-state index is 0.277. The molecule has 1 aliphatic heterocycles. The van der Waals surface area contributed by atoms with Crippen LogP contribution in [0.2, 0.25) is 0 Å². The average molecular weight is 373 g/mol. The Hall–Kier alpha value is -1.75. The van der Waals surface area contributed by atoms with Crippen LogP contribution in [-0.4, -0.2) is 55.1 Å². The fraction of sp³-hybridized carbons (Fsp3) is 0.682. The Morgan fingerprint density at radius 2 is 1.96 bits per heavy atom. The number of piperidine rings is 1. The van der Waals surface area contributed by atoms with Crippen molar-refractivity contribution in [1.82, 2.24) is 9.80 Å². The summed E-state index contributed by atoms with van der Waals surface area (Å²) in [5, 5.41) is 0. The largest absolute Gasteiger partial charge is 0.497 e. The first-order chi connectivity index (χ1) is 13.2. The summed E-state index contributed by atoms with van der Waals surface area (Å²) in [5.41, 5.74) is 1.03. The van der Waals surface area contributed by atoms with Gasteiger partial charge in [-0.3, -0.25) is 9.69 Å². The molecule has 0 spiro atoms. The fourth-order valence-corrected chi connectivity index (χ4v) is 5.31. The lowest BCUT2D eigenvalue weighted by Gasteiger charge is -2.33. The topological polar surface area (TPSA) is 42.0 Å². The van der Waals surface area contributed by atoms with E-state index >= 15 is 0 Å². The van der Waals surface area contributed by atoms with Crippen LogP contribution >= 0.6 is 0 Å². The third-order valence-corrected chi connectivity index (χ3v) is 6.78. The van der Waals surface area contributed by atoms with Crippen molar-refractivity contribution >= 4 is 5.91 Å². The van der Waals surface area contributed by atoms with Gasteiger partial charge < -0.3 is 14.4 Å². The quantitative estimate of drug-likeness (QED) is 0.735. The summed E-state index contributed by atoms with van der Waals surface area (Å²) in [7, 11) is 3.36. The molecular formula is C22H32N2O3. The minimum absolute atomic E-state index is 0.277. The maximum Gasteiger partial charge on any atom is 0.237 e. The SMILES string of the molecule is COc1ccc(OC)c(CN(C(=O)CN2C[C@@H]3CC[C@H]2C3)C2CCCC2)c1. The number of ether oxygens (including phenoxy) is 2. The van der Waals surface area contributed by atoms with E-state index in [9.17, 15) is 4.79 Å². The van der Waals surface area contributed by atoms with E-state index in [0.29, 0.717) is 25.2 Å². The van der Waals surface area contributed by atoms with Crippen molar-refractivity contribution in [3.8, 4) is 11.5 Å². The standard InChI is InChI=1S/C22H32N2O3/c1-26-20-9-10-21(27-2)17(12-20)14-24(18-5-3-4-6-18)22(25)15-23-13-16-7-8-19(23)11-16/h9-10,12,16,18-19H,3-8,11,13-15H2,1-2H3/t16-,19+/m1/s1. The van der Waals surface area contributed by atoms with E-state index in [-0.39, 0.29) is 5.91 Å². The number of hydrogen-bond donors (Lipinski definition) is 0. The summed E-state index contributed by atoms with van der Waals surface area (Å²) in [6.45, 7) is 2.28. The van der Waals surface area contributed by atoms with E-state index in [4.69, 9.17) is 9.47 Å². The van der Waals surface area contributed by atoms with Gasteiger partial charge in [0.15, 0.2) is 0 Å². The van der Waals surface area contributed by atoms with Gasteiger partial charge >= 0.3 is 0 Å². The Balaban J connectivity index is 1.51. The zero-order chi connectivity index (χ0) is 18.8. The van der Waals surface area contributed by atoms with Crippen molar-refractivity contribution in [2.45, 2.75) is 63.6 Å². The molecule has 3 fully saturated rings. The zero-order valence-corrected chi connectivity index (χ0v) is 16.7. The number of hydrogen-bond acceptors (Lipinski definition) is 4. The molecule has 1 saturated heterocycles. The number of nitrogens with zero attached hydrogens (tertiary/aromatic N) is 2. The van der Waals surface area contributed by atoms with Crippen LogP contribution in [0.3, 0.4) is 0 Å². The van der Waals surface area contributed by atoms with Crippen LogP contribution in [0.4, 0.5) is 0 Å². The lowest BCUT2D eigenvalue weighted by Crippen LogP contribution is -2.46. The smallest absolute Gasteiger partial charge is 0.237 e. The minimum Gasteiger partial charge on any atom is -0.497 e. The van der Waals surface area contributed by atoms with Crippen LogP contribution in [0.1, 0.15) is 50.5 Å². The van der Waals surface area contributed by atoms with Gasteiger partial charge in [-0.05, 0) is 56.2 Å². The predicted octanol–water partition coefficient (Wildman–Crippen LogP) is 3.46. The summed E-state index contributed by atoms with van der Waals surface area (Å²) in [5.74, 6) is 2.73. The third kappa shape index (κ3) is 3.93. The monoisotopic (exact) mass is 372 g/mol. The van der Waals surface area contributed by atoms with E-state index < -0.39 is 0 Å². The van der Waals surface area contributed by atoms with Crippen molar-refractivity contribution in [2.75, 3.05) is 27.3 Å². The second-order valence-corrected chi connectivity index (χ2v) is 8.40. The molecule has 2 aliphatic carbocycles. The summed E-state index contributed by atoms with van der Waals surface area (Å²) in [6, 6.07) is 6.84. The second kappa shape index (κ2) is 8.09. The van der Waals surface area contributed by atoms with Crippen LogP contribution in [0, 0.1) is 5.92 Å². The number of likely N-dealkylation sites (tertiary alicyclic amines) is 1. The maximum absolute atomic E-state index is 13.3. The Morgan fingerprint density at radius 3 is 2.59 bits per heavy atom. The van der Waals surface area contributed by atoms with Crippen molar-refractivity contribution in [3.63, 3.8) is 0 Å². The van der Waals surface area contributed by atoms with Gasteiger partial charge in [-0.1, -0.05) is 12.8 Å². The molecule has 0 unspecified atom stereocenters. The van der Waals surface area contributed by atoms with Crippen LogP contribution in [0.15, 0.2) is 18.2 Å². The number of carbonyl (C=O) groups is 1. The number of benzene rings is 1. The summed E-state index contributed by atoms with van der Waals surface area (Å²) >= 11 is 0. The Kier molecular flexibility index (Phi) is 5.58. The molecule has 3 aliphatic rings. The van der Waals surface area contributed by atoms with Crippen molar-refractivity contribution in [2.24, 2.45) is 5.92 Å². The predicted molar refractivity (Wildman–Crippen MR) is 105 cm³/mol. The number of carbonyl (C=O) groups excluding carboxylic acids is 1. The lowest BCUT2D eigenvalue weighted by atomic mass is 10.1. The molecule has 5 nitrogen and oxygen atoms in total. The van der Waals surface area contributed by atoms with Gasteiger partial charge in [0, 0.05) is 30.7 Å². The molecule has 2 saturated carbocycles. The first kappa shape index (κ1) is 18.6. The molecule has 4 rings (SSSR count). The Bertz CT molecular complexity index is 672. The van der Waals surface area contributed by atoms with E-state index in [0.717, 1.165) is 42.4 Å². The fourth-order valence-electron chi connectivity index (χ4n) is 5.31. The molecule has 1 heterocycles. The van der Waals surface area contributed by atoms with E-state index in [1.165, 1.54) is 32.1 Å². The van der Waals surface area contributed by atoms with E-state index in [1.807, 2.05) is 18.2 Å². The van der Waals surface area contributed by atoms with Crippen molar-refractivity contribution < 1.29 is 14.3 Å². The highest BCUT2D eigenvalue weighted by atomic mass is 16.5. The molecule has 0 aromatic heterocycles. The highest BCUT2D eigenvalue weighted by Crippen LogP contribution is 2.37. The molecule has 0 radical (unpaired) electrons. The molecule has 5 heteroatoms. The van der Waals surface area contributed by atoms with Crippen LogP contribution in [0.25, 0.3) is 0 Å². The second-order valence-electron chi connectivity index (χ2n) is 8.40. The van der Waals surface area contributed by atoms with Crippen LogP contribution < -0.4 is 9.47 Å². The van der Waals surface area contributed by atoms with Gasteiger partial charge in [0.2, 0.25) is 5.91 Å². The first-order valence-electron chi connectivity index (χ1n) is 10.4. The third-order valence-electron chi connectivity index (χ3n) is 6.78. The molecule has 2 atom stereocenters. The molecule has 1 aromatic carbocycles. The van der Waals surface area contributed by atoms with Crippen LogP contribution in [0.5, 0.6) is 11.5 Å². The molecule has 1 amide bonds. The van der Waals surface area contributed by atoms with Gasteiger partial charge in [0.05, 0.1) is 20.8 Å². The van der Waals surface area contributed by atoms with Crippen LogP contribution in [-0.2, 0) is 11.3 Å². The van der Waals surface area contributed by atoms with Gasteiger partial charge in [0.25, 0.3) is 0 Å². The summed E-state index contributed by atoms with van der Waals surface area (Å²) in [6.07, 6.45) is 8.58. The summed E-state index contributed by atoms with van der Waals surface area (Å²) in [4.78, 5) is 17.9. The molecule has 0 N–H and O–H groups in total. The number of methoxy groups -OCH3 is 2. The first-order valence-corrected chi connectivity index (χ1v) is 10.4. The van der Waals surface area contributed by atoms with Gasteiger partial charge in [-0.15, -0.1) is 0 Å².